The lowest BCUT2D eigenvalue weighted by atomic mass is 9.82. The number of benzene rings is 13. The smallest absolute Gasteiger partial charge is 0.0553 e. The van der Waals surface area contributed by atoms with E-state index in [9.17, 15) is 0 Å². The highest BCUT2D eigenvalue weighted by atomic mass is 15.2. The van der Waals surface area contributed by atoms with Crippen LogP contribution in [0, 0.1) is 0 Å². The van der Waals surface area contributed by atoms with Crippen LogP contribution in [-0.4, -0.2) is 4.57 Å². The molecule has 0 spiro atoms. The third-order valence-electron chi connectivity index (χ3n) is 16.3. The summed E-state index contributed by atoms with van der Waals surface area (Å²) in [6.07, 6.45) is 0. The van der Waals surface area contributed by atoms with Gasteiger partial charge in [0.25, 0.3) is 0 Å². The van der Waals surface area contributed by atoms with E-state index in [1.807, 2.05) is 0 Å². The van der Waals surface area contributed by atoms with Crippen LogP contribution in [0.15, 0.2) is 273 Å². The Bertz CT molecular complexity index is 4440. The van der Waals surface area contributed by atoms with Gasteiger partial charge in [-0.2, -0.15) is 0 Å². The highest BCUT2D eigenvalue weighted by Crippen LogP contribution is 2.51. The van der Waals surface area contributed by atoms with Gasteiger partial charge in [-0.25, -0.2) is 0 Å². The van der Waals surface area contributed by atoms with Gasteiger partial charge in [0, 0.05) is 56.0 Å². The van der Waals surface area contributed by atoms with Gasteiger partial charge in [-0.05, 0) is 174 Å². The standard InChI is InChI=1S/C73H51N3/c1-73(2)66-24-13-12-23-62(66)63-44-41-61(47-67(63)73)75(59-39-37-58(38-40-59)74(55-19-8-4-9-20-55)56-21-10-5-11-22-56)57-33-29-50(30-34-57)53-32-42-64-68(45-53)76(60-35-27-49(28-36-60)48-15-6-3-7-16-48)69-46-54-26-25-51-17-14-18-52-31-43-65(72(64)69)71(54)70(51)52/h3-47H,1-2H3. The van der Waals surface area contributed by atoms with Crippen LogP contribution in [-0.2, 0) is 5.41 Å². The van der Waals surface area contributed by atoms with Crippen LogP contribution in [0.25, 0.3) is 93.2 Å². The minimum atomic E-state index is -0.143. The maximum atomic E-state index is 2.49. The molecule has 3 nitrogen and oxygen atoms in total. The third kappa shape index (κ3) is 6.90. The van der Waals surface area contributed by atoms with E-state index in [4.69, 9.17) is 0 Å². The van der Waals surface area contributed by atoms with Crippen molar-refractivity contribution in [1.29, 1.82) is 0 Å². The predicted octanol–water partition coefficient (Wildman–Crippen LogP) is 20.3. The summed E-state index contributed by atoms with van der Waals surface area (Å²) < 4.78 is 2.49. The Morgan fingerprint density at radius 2 is 0.776 bits per heavy atom. The fraction of sp³-hybridized carbons (Fsp3) is 0.0411. The molecule has 13 aromatic carbocycles. The lowest BCUT2D eigenvalue weighted by Gasteiger charge is -2.29. The number of nitrogens with zero attached hydrogens (tertiary/aromatic N) is 3. The molecule has 0 amide bonds. The van der Waals surface area contributed by atoms with E-state index in [0.29, 0.717) is 0 Å². The SMILES string of the molecule is CC1(C)c2ccccc2-c2ccc(N(c3ccc(-c4ccc5c6c7ccc8cccc9ccc(cc6n(-c6ccc(-c%10ccccc%10)cc6)c5c4)c7c98)cc3)c3ccc(N(c4ccccc4)c4ccccc4)cc3)cc21. The monoisotopic (exact) mass is 969 g/mol. The third-order valence-corrected chi connectivity index (χ3v) is 16.3. The first-order chi connectivity index (χ1) is 37.4. The maximum Gasteiger partial charge on any atom is 0.0553 e. The van der Waals surface area contributed by atoms with E-state index in [-0.39, 0.29) is 5.41 Å². The molecule has 15 rings (SSSR count). The zero-order chi connectivity index (χ0) is 50.5. The molecule has 1 aliphatic rings. The van der Waals surface area contributed by atoms with Crippen LogP contribution in [0.2, 0.25) is 0 Å². The van der Waals surface area contributed by atoms with E-state index < -0.39 is 0 Å². The Morgan fingerprint density at radius 3 is 1.46 bits per heavy atom. The van der Waals surface area contributed by atoms with E-state index >= 15 is 0 Å². The molecule has 0 saturated heterocycles. The zero-order valence-electron chi connectivity index (χ0n) is 42.3. The summed E-state index contributed by atoms with van der Waals surface area (Å²) >= 11 is 0. The van der Waals surface area contributed by atoms with Gasteiger partial charge in [0.2, 0.25) is 0 Å². The molecular formula is C73H51N3. The molecular weight excluding hydrogens is 919 g/mol. The number of hydrogen-bond donors (Lipinski definition) is 0. The summed E-state index contributed by atoms with van der Waals surface area (Å²) in [5.41, 5.74) is 20.1. The highest BCUT2D eigenvalue weighted by molar-refractivity contribution is 6.33. The largest absolute Gasteiger partial charge is 0.311 e. The van der Waals surface area contributed by atoms with Crippen LogP contribution >= 0.6 is 0 Å². The molecule has 76 heavy (non-hydrogen) atoms. The van der Waals surface area contributed by atoms with Crippen LogP contribution in [0.3, 0.4) is 0 Å². The van der Waals surface area contributed by atoms with Gasteiger partial charge in [0.1, 0.15) is 0 Å². The summed E-state index contributed by atoms with van der Waals surface area (Å²) in [7, 11) is 0. The first-order valence-corrected chi connectivity index (χ1v) is 26.4. The second kappa shape index (κ2) is 17.2. The quantitative estimate of drug-likeness (QED) is 0.134. The number of aromatic nitrogens is 1. The van der Waals surface area contributed by atoms with Gasteiger partial charge >= 0.3 is 0 Å². The molecule has 1 aliphatic carbocycles. The summed E-state index contributed by atoms with van der Waals surface area (Å²) in [4.78, 5) is 4.74. The lowest BCUT2D eigenvalue weighted by molar-refractivity contribution is 0.660. The highest BCUT2D eigenvalue weighted by Gasteiger charge is 2.36. The number of hydrogen-bond acceptors (Lipinski definition) is 2. The van der Waals surface area contributed by atoms with Crippen molar-refractivity contribution in [3.05, 3.63) is 284 Å². The van der Waals surface area contributed by atoms with Gasteiger partial charge in [0.15, 0.2) is 0 Å². The molecule has 14 aromatic rings. The van der Waals surface area contributed by atoms with E-state index in [2.05, 4.69) is 301 Å². The molecule has 0 saturated carbocycles. The van der Waals surface area contributed by atoms with Crippen molar-refractivity contribution in [2.75, 3.05) is 9.80 Å². The van der Waals surface area contributed by atoms with Crippen molar-refractivity contribution in [2.24, 2.45) is 0 Å². The summed E-state index contributed by atoms with van der Waals surface area (Å²) in [6, 6.07) is 101. The molecule has 1 heterocycles. The Morgan fingerprint density at radius 1 is 0.289 bits per heavy atom. The second-order valence-corrected chi connectivity index (χ2v) is 20.9. The van der Waals surface area contributed by atoms with Gasteiger partial charge in [-0.3, -0.25) is 0 Å². The molecule has 0 atom stereocenters. The van der Waals surface area contributed by atoms with Crippen molar-refractivity contribution in [3.8, 4) is 39.1 Å². The van der Waals surface area contributed by atoms with Crippen molar-refractivity contribution < 1.29 is 0 Å². The fourth-order valence-corrected chi connectivity index (χ4v) is 12.6. The van der Waals surface area contributed by atoms with Crippen molar-refractivity contribution in [1.82, 2.24) is 4.57 Å². The molecule has 0 unspecified atom stereocenters. The molecule has 3 heteroatoms. The average Bonchev–Trinajstić information content (AvgIpc) is 4.10. The first-order valence-electron chi connectivity index (χ1n) is 26.4. The second-order valence-electron chi connectivity index (χ2n) is 20.9. The van der Waals surface area contributed by atoms with E-state index in [1.54, 1.807) is 0 Å². The van der Waals surface area contributed by atoms with Gasteiger partial charge < -0.3 is 14.4 Å². The van der Waals surface area contributed by atoms with Crippen LogP contribution in [0.1, 0.15) is 25.0 Å². The van der Waals surface area contributed by atoms with Crippen molar-refractivity contribution in [3.63, 3.8) is 0 Å². The van der Waals surface area contributed by atoms with Gasteiger partial charge in [0.05, 0.1) is 11.0 Å². The zero-order valence-corrected chi connectivity index (χ0v) is 42.3. The minimum Gasteiger partial charge on any atom is -0.311 e. The van der Waals surface area contributed by atoms with E-state index in [0.717, 1.165) is 45.4 Å². The van der Waals surface area contributed by atoms with Crippen molar-refractivity contribution in [2.45, 2.75) is 19.3 Å². The topological polar surface area (TPSA) is 11.4 Å². The minimum absolute atomic E-state index is 0.143. The summed E-state index contributed by atoms with van der Waals surface area (Å²) in [5, 5.41) is 10.3. The van der Waals surface area contributed by atoms with Crippen LogP contribution < -0.4 is 9.80 Å². The van der Waals surface area contributed by atoms with E-state index in [1.165, 1.54) is 93.1 Å². The average molecular weight is 970 g/mol. The summed E-state index contributed by atoms with van der Waals surface area (Å²) in [5.74, 6) is 0. The number of para-hydroxylation sites is 2. The summed E-state index contributed by atoms with van der Waals surface area (Å²) in [6.45, 7) is 4.72. The Labute approximate surface area is 442 Å². The Hall–Kier alpha value is -9.70. The van der Waals surface area contributed by atoms with Gasteiger partial charge in [-0.15, -0.1) is 0 Å². The first kappa shape index (κ1) is 43.8. The predicted molar refractivity (Wildman–Crippen MR) is 322 cm³/mol. The lowest BCUT2D eigenvalue weighted by Crippen LogP contribution is -2.16. The Balaban J connectivity index is 0.871. The molecule has 0 N–H and O–H groups in total. The molecule has 0 aliphatic heterocycles. The Kier molecular flexibility index (Phi) is 9.92. The van der Waals surface area contributed by atoms with Gasteiger partial charge in [-0.1, -0.05) is 190 Å². The molecule has 0 fully saturated rings. The van der Waals surface area contributed by atoms with Crippen molar-refractivity contribution >= 4 is 88.2 Å². The van der Waals surface area contributed by atoms with Crippen LogP contribution in [0.4, 0.5) is 34.1 Å². The number of fused-ring (bicyclic) bond motifs is 7. The molecule has 358 valence electrons. The number of anilines is 6. The molecule has 0 bridgehead atoms. The normalized spacial score (nSPS) is 12.7. The maximum absolute atomic E-state index is 2.49. The number of rotatable bonds is 9. The van der Waals surface area contributed by atoms with Crippen LogP contribution in [0.5, 0.6) is 0 Å². The fourth-order valence-electron chi connectivity index (χ4n) is 12.6. The molecule has 1 aromatic heterocycles. The molecule has 0 radical (unpaired) electrons.